The molecule has 0 aliphatic carbocycles. The van der Waals surface area contributed by atoms with Gasteiger partial charge in [0.15, 0.2) is 0 Å². The van der Waals surface area contributed by atoms with Gasteiger partial charge in [0, 0.05) is 17.8 Å². The molecule has 21 heavy (non-hydrogen) atoms. The molecule has 2 aromatic carbocycles. The Morgan fingerprint density at radius 2 is 1.62 bits per heavy atom. The molecule has 0 saturated heterocycles. The molecule has 0 spiro atoms. The van der Waals surface area contributed by atoms with Gasteiger partial charge in [0.25, 0.3) is 5.69 Å². The highest BCUT2D eigenvalue weighted by Gasteiger charge is 2.07. The van der Waals surface area contributed by atoms with Gasteiger partial charge in [-0.15, -0.1) is 0 Å². The van der Waals surface area contributed by atoms with E-state index >= 15 is 0 Å². The molecule has 2 aromatic rings. The molecule has 0 amide bonds. The van der Waals surface area contributed by atoms with Crippen molar-refractivity contribution in [3.8, 4) is 0 Å². The summed E-state index contributed by atoms with van der Waals surface area (Å²) in [6.45, 7) is 0.0891. The minimum atomic E-state index is -0.475. The minimum absolute atomic E-state index is 0.00644. The van der Waals surface area contributed by atoms with E-state index in [0.29, 0.717) is 11.3 Å². The number of nitro benzene ring substituents is 1. The van der Waals surface area contributed by atoms with Gasteiger partial charge in [-0.25, -0.2) is 0 Å². The monoisotopic (exact) mass is 286 g/mol. The lowest BCUT2D eigenvalue weighted by atomic mass is 10.1. The van der Waals surface area contributed by atoms with Gasteiger partial charge in [0.1, 0.15) is 6.61 Å². The van der Waals surface area contributed by atoms with E-state index in [1.165, 1.54) is 12.1 Å². The second-order valence-electron chi connectivity index (χ2n) is 4.50. The molecule has 0 heterocycles. The van der Waals surface area contributed by atoms with Crippen LogP contribution in [-0.2, 0) is 22.6 Å². The average Bonchev–Trinajstić information content (AvgIpc) is 2.48. The van der Waals surface area contributed by atoms with Gasteiger partial charge >= 0.3 is 5.97 Å². The van der Waals surface area contributed by atoms with Crippen molar-refractivity contribution in [2.24, 2.45) is 0 Å². The number of rotatable bonds is 5. The number of non-ortho nitro benzene ring substituents is 1. The third-order valence-corrected chi connectivity index (χ3v) is 2.88. The number of hydrogen-bond donors (Lipinski definition) is 1. The van der Waals surface area contributed by atoms with Crippen molar-refractivity contribution in [1.29, 1.82) is 0 Å². The van der Waals surface area contributed by atoms with Crippen LogP contribution in [0.5, 0.6) is 0 Å². The van der Waals surface area contributed by atoms with E-state index in [4.69, 9.17) is 10.5 Å². The molecule has 0 radical (unpaired) electrons. The first-order chi connectivity index (χ1) is 10.0. The van der Waals surface area contributed by atoms with Gasteiger partial charge in [-0.1, -0.05) is 12.1 Å². The maximum atomic E-state index is 11.7. The van der Waals surface area contributed by atoms with Gasteiger partial charge in [-0.2, -0.15) is 0 Å². The largest absolute Gasteiger partial charge is 0.461 e. The van der Waals surface area contributed by atoms with E-state index < -0.39 is 4.92 Å². The maximum Gasteiger partial charge on any atom is 0.310 e. The summed E-state index contributed by atoms with van der Waals surface area (Å²) in [5, 5.41) is 10.5. The van der Waals surface area contributed by atoms with Crippen LogP contribution in [0.2, 0.25) is 0 Å². The molecular weight excluding hydrogens is 272 g/mol. The van der Waals surface area contributed by atoms with E-state index in [-0.39, 0.29) is 24.7 Å². The summed E-state index contributed by atoms with van der Waals surface area (Å²) >= 11 is 0. The fourth-order valence-corrected chi connectivity index (χ4v) is 1.73. The Bertz CT molecular complexity index is 636. The molecule has 0 aliphatic rings. The topological polar surface area (TPSA) is 95.5 Å². The van der Waals surface area contributed by atoms with Crippen molar-refractivity contribution < 1.29 is 14.5 Å². The zero-order chi connectivity index (χ0) is 15.2. The summed E-state index contributed by atoms with van der Waals surface area (Å²) in [7, 11) is 0. The zero-order valence-corrected chi connectivity index (χ0v) is 11.2. The highest BCUT2D eigenvalue weighted by Crippen LogP contribution is 2.13. The van der Waals surface area contributed by atoms with Gasteiger partial charge in [0.2, 0.25) is 0 Å². The molecule has 6 nitrogen and oxygen atoms in total. The number of carbonyl (C=O) groups excluding carboxylic acids is 1. The van der Waals surface area contributed by atoms with E-state index in [9.17, 15) is 14.9 Å². The van der Waals surface area contributed by atoms with Crippen LogP contribution in [0.3, 0.4) is 0 Å². The number of carbonyl (C=O) groups is 1. The van der Waals surface area contributed by atoms with Crippen molar-refractivity contribution in [1.82, 2.24) is 0 Å². The SMILES string of the molecule is Nc1ccc(CC(=O)OCc2ccc([N+](=O)[O-])cc2)cc1. The molecule has 6 heteroatoms. The van der Waals surface area contributed by atoms with E-state index in [1.54, 1.807) is 36.4 Å². The van der Waals surface area contributed by atoms with Gasteiger partial charge in [-0.3, -0.25) is 14.9 Å². The van der Waals surface area contributed by atoms with Crippen molar-refractivity contribution >= 4 is 17.3 Å². The Kier molecular flexibility index (Phi) is 4.50. The number of nitrogens with two attached hydrogens (primary N) is 1. The van der Waals surface area contributed by atoms with E-state index in [1.807, 2.05) is 0 Å². The second kappa shape index (κ2) is 6.51. The second-order valence-corrected chi connectivity index (χ2v) is 4.50. The first kappa shape index (κ1) is 14.5. The zero-order valence-electron chi connectivity index (χ0n) is 11.2. The fourth-order valence-electron chi connectivity index (χ4n) is 1.73. The summed E-state index contributed by atoms with van der Waals surface area (Å²) in [6.07, 6.45) is 0.160. The normalized spacial score (nSPS) is 10.1. The summed E-state index contributed by atoms with van der Waals surface area (Å²) in [4.78, 5) is 21.7. The fraction of sp³-hybridized carbons (Fsp3) is 0.133. The first-order valence-corrected chi connectivity index (χ1v) is 6.28. The first-order valence-electron chi connectivity index (χ1n) is 6.28. The van der Waals surface area contributed by atoms with Gasteiger partial charge in [-0.05, 0) is 35.4 Å². The quantitative estimate of drug-likeness (QED) is 0.394. The number of nitrogens with zero attached hydrogens (tertiary/aromatic N) is 1. The van der Waals surface area contributed by atoms with Crippen molar-refractivity contribution in [2.45, 2.75) is 13.0 Å². The third-order valence-electron chi connectivity index (χ3n) is 2.88. The number of hydrogen-bond acceptors (Lipinski definition) is 5. The molecule has 108 valence electrons. The van der Waals surface area contributed by atoms with Crippen LogP contribution < -0.4 is 5.73 Å². The van der Waals surface area contributed by atoms with Crippen LogP contribution in [-0.4, -0.2) is 10.9 Å². The molecule has 0 aliphatic heterocycles. The van der Waals surface area contributed by atoms with Crippen LogP contribution >= 0.6 is 0 Å². The van der Waals surface area contributed by atoms with Crippen molar-refractivity contribution in [3.05, 3.63) is 69.8 Å². The predicted octanol–water partition coefficient (Wildman–Crippen LogP) is 2.46. The van der Waals surface area contributed by atoms with Crippen LogP contribution in [0, 0.1) is 10.1 Å². The summed E-state index contributed by atoms with van der Waals surface area (Å²) in [6, 6.07) is 12.9. The molecule has 0 atom stereocenters. The number of ether oxygens (including phenoxy) is 1. The van der Waals surface area contributed by atoms with E-state index in [2.05, 4.69) is 0 Å². The number of nitro groups is 1. The Hall–Kier alpha value is -2.89. The molecule has 2 rings (SSSR count). The minimum Gasteiger partial charge on any atom is -0.461 e. The number of anilines is 1. The average molecular weight is 286 g/mol. The maximum absolute atomic E-state index is 11.7. The highest BCUT2D eigenvalue weighted by atomic mass is 16.6. The summed E-state index contributed by atoms with van der Waals surface area (Å²) < 4.78 is 5.12. The van der Waals surface area contributed by atoms with Gasteiger partial charge < -0.3 is 10.5 Å². The lowest BCUT2D eigenvalue weighted by molar-refractivity contribution is -0.384. The van der Waals surface area contributed by atoms with E-state index in [0.717, 1.165) is 5.56 Å². The van der Waals surface area contributed by atoms with Crippen molar-refractivity contribution in [2.75, 3.05) is 5.73 Å². The Morgan fingerprint density at radius 1 is 1.05 bits per heavy atom. The molecule has 0 aromatic heterocycles. The van der Waals surface area contributed by atoms with Crippen molar-refractivity contribution in [3.63, 3.8) is 0 Å². The Balaban J connectivity index is 1.86. The predicted molar refractivity (Wildman–Crippen MR) is 77.5 cm³/mol. The smallest absolute Gasteiger partial charge is 0.310 e. The molecule has 0 fully saturated rings. The molecular formula is C15H14N2O4. The van der Waals surface area contributed by atoms with Crippen LogP contribution in [0.25, 0.3) is 0 Å². The number of benzene rings is 2. The molecule has 0 bridgehead atoms. The molecule has 2 N–H and O–H groups in total. The van der Waals surface area contributed by atoms with Crippen LogP contribution in [0.15, 0.2) is 48.5 Å². The van der Waals surface area contributed by atoms with Crippen LogP contribution in [0.4, 0.5) is 11.4 Å². The lowest BCUT2D eigenvalue weighted by Crippen LogP contribution is -2.08. The summed E-state index contributed by atoms with van der Waals surface area (Å²) in [5.74, 6) is -0.363. The molecule has 0 saturated carbocycles. The lowest BCUT2D eigenvalue weighted by Gasteiger charge is -2.05. The third kappa shape index (κ3) is 4.31. The number of nitrogen functional groups attached to an aromatic ring is 1. The Morgan fingerprint density at radius 3 is 2.19 bits per heavy atom. The standard InChI is InChI=1S/C15H14N2O4/c16-13-5-1-11(2-6-13)9-15(18)21-10-12-3-7-14(8-4-12)17(19)20/h1-8H,9-10,16H2. The van der Waals surface area contributed by atoms with Crippen LogP contribution in [0.1, 0.15) is 11.1 Å². The molecule has 0 unspecified atom stereocenters. The highest BCUT2D eigenvalue weighted by molar-refractivity contribution is 5.72. The van der Waals surface area contributed by atoms with Gasteiger partial charge in [0.05, 0.1) is 11.3 Å². The Labute approximate surface area is 121 Å². The summed E-state index contributed by atoms with van der Waals surface area (Å²) in [5.41, 5.74) is 7.72. The number of esters is 1.